The average Bonchev–Trinajstić information content (AvgIpc) is 3.14. The van der Waals surface area contributed by atoms with Crippen molar-refractivity contribution in [1.82, 2.24) is 20.0 Å². The van der Waals surface area contributed by atoms with Crippen molar-refractivity contribution in [2.75, 3.05) is 5.32 Å². The minimum atomic E-state index is -0.143. The molecule has 2 aromatic carbocycles. The number of hydrogen-bond donors (Lipinski definition) is 2. The molecular weight excluding hydrogens is 350 g/mol. The molecule has 6 nitrogen and oxygen atoms in total. The van der Waals surface area contributed by atoms with Crippen LogP contribution in [0.2, 0.25) is 0 Å². The van der Waals surface area contributed by atoms with Crippen molar-refractivity contribution in [3.63, 3.8) is 0 Å². The number of rotatable bonds is 5. The maximum atomic E-state index is 13.1. The molecule has 2 N–H and O–H groups in total. The fourth-order valence-electron chi connectivity index (χ4n) is 3.24. The SMILES string of the molecule is CCC(C)c1ccc(-n2nc(Nc3cc(C)[nH]n3)c3ccccc3c2=O)cc1. The third kappa shape index (κ3) is 3.29. The van der Waals surface area contributed by atoms with Crippen LogP contribution >= 0.6 is 0 Å². The zero-order valence-electron chi connectivity index (χ0n) is 16.2. The number of aryl methyl sites for hydroxylation is 1. The summed E-state index contributed by atoms with van der Waals surface area (Å²) in [5, 5.41) is 16.3. The summed E-state index contributed by atoms with van der Waals surface area (Å²) in [4.78, 5) is 13.1. The van der Waals surface area contributed by atoms with E-state index in [-0.39, 0.29) is 5.56 Å². The Labute approximate surface area is 163 Å². The maximum absolute atomic E-state index is 13.1. The van der Waals surface area contributed by atoms with Gasteiger partial charge in [0.2, 0.25) is 0 Å². The number of nitrogens with zero attached hydrogens (tertiary/aromatic N) is 3. The fraction of sp³-hybridized carbons (Fsp3) is 0.227. The molecule has 0 spiro atoms. The van der Waals surface area contributed by atoms with Crippen molar-refractivity contribution in [3.05, 3.63) is 76.2 Å². The molecular formula is C22H23N5O. The van der Waals surface area contributed by atoms with Gasteiger partial charge >= 0.3 is 0 Å². The Balaban J connectivity index is 1.84. The number of benzene rings is 2. The molecule has 142 valence electrons. The number of nitrogens with one attached hydrogen (secondary N) is 2. The first-order chi connectivity index (χ1) is 13.6. The lowest BCUT2D eigenvalue weighted by Gasteiger charge is -2.13. The van der Waals surface area contributed by atoms with Gasteiger partial charge in [-0.3, -0.25) is 9.89 Å². The van der Waals surface area contributed by atoms with Crippen LogP contribution in [0.3, 0.4) is 0 Å². The van der Waals surface area contributed by atoms with E-state index < -0.39 is 0 Å². The molecule has 1 unspecified atom stereocenters. The van der Waals surface area contributed by atoms with Gasteiger partial charge in [-0.05, 0) is 43.0 Å². The predicted molar refractivity (Wildman–Crippen MR) is 113 cm³/mol. The second kappa shape index (κ2) is 7.31. The van der Waals surface area contributed by atoms with Gasteiger partial charge in [0.05, 0.1) is 11.1 Å². The lowest BCUT2D eigenvalue weighted by Crippen LogP contribution is -2.22. The van der Waals surface area contributed by atoms with Crippen LogP contribution in [-0.4, -0.2) is 20.0 Å². The van der Waals surface area contributed by atoms with Crippen LogP contribution in [0.4, 0.5) is 11.6 Å². The minimum Gasteiger partial charge on any atom is -0.321 e. The van der Waals surface area contributed by atoms with Crippen LogP contribution in [0.25, 0.3) is 16.5 Å². The van der Waals surface area contributed by atoms with Crippen LogP contribution in [0.15, 0.2) is 59.4 Å². The number of hydrogen-bond acceptors (Lipinski definition) is 4. The molecule has 4 aromatic rings. The molecule has 0 saturated carbocycles. The van der Waals surface area contributed by atoms with Gasteiger partial charge in [-0.15, -0.1) is 5.10 Å². The predicted octanol–water partition coefficient (Wildman–Crippen LogP) is 4.67. The number of anilines is 2. The molecule has 1 atom stereocenters. The Morgan fingerprint density at radius 2 is 1.82 bits per heavy atom. The number of aromatic amines is 1. The Morgan fingerprint density at radius 1 is 1.11 bits per heavy atom. The van der Waals surface area contributed by atoms with Gasteiger partial charge in [0.25, 0.3) is 5.56 Å². The van der Waals surface area contributed by atoms with Crippen LogP contribution in [0, 0.1) is 6.92 Å². The van der Waals surface area contributed by atoms with Gasteiger partial charge in [0, 0.05) is 17.1 Å². The summed E-state index contributed by atoms with van der Waals surface area (Å²) in [6.07, 6.45) is 1.07. The zero-order chi connectivity index (χ0) is 19.7. The van der Waals surface area contributed by atoms with Gasteiger partial charge in [-0.2, -0.15) is 9.78 Å². The molecule has 0 saturated heterocycles. The van der Waals surface area contributed by atoms with Crippen molar-refractivity contribution in [1.29, 1.82) is 0 Å². The van der Waals surface area contributed by atoms with E-state index in [4.69, 9.17) is 0 Å². The molecule has 0 amide bonds. The second-order valence-corrected chi connectivity index (χ2v) is 7.07. The topological polar surface area (TPSA) is 75.6 Å². The summed E-state index contributed by atoms with van der Waals surface area (Å²) in [5.74, 6) is 1.73. The summed E-state index contributed by atoms with van der Waals surface area (Å²) in [6, 6.07) is 17.4. The Morgan fingerprint density at radius 3 is 2.46 bits per heavy atom. The smallest absolute Gasteiger partial charge is 0.279 e. The van der Waals surface area contributed by atoms with Crippen molar-refractivity contribution in [2.24, 2.45) is 0 Å². The third-order valence-electron chi connectivity index (χ3n) is 5.08. The lowest BCUT2D eigenvalue weighted by molar-refractivity contribution is 0.732. The Kier molecular flexibility index (Phi) is 4.69. The summed E-state index contributed by atoms with van der Waals surface area (Å²) >= 11 is 0. The average molecular weight is 373 g/mol. The normalized spacial score (nSPS) is 12.2. The van der Waals surface area contributed by atoms with Crippen molar-refractivity contribution < 1.29 is 0 Å². The monoisotopic (exact) mass is 373 g/mol. The molecule has 2 aromatic heterocycles. The fourth-order valence-corrected chi connectivity index (χ4v) is 3.24. The second-order valence-electron chi connectivity index (χ2n) is 7.07. The van der Waals surface area contributed by atoms with Gasteiger partial charge in [-0.25, -0.2) is 0 Å². The molecule has 0 fully saturated rings. The van der Waals surface area contributed by atoms with E-state index in [1.165, 1.54) is 10.2 Å². The molecule has 0 aliphatic heterocycles. The van der Waals surface area contributed by atoms with Gasteiger partial charge < -0.3 is 5.32 Å². The van der Waals surface area contributed by atoms with E-state index in [1.54, 1.807) is 0 Å². The minimum absolute atomic E-state index is 0.143. The van der Waals surface area contributed by atoms with E-state index in [0.717, 1.165) is 23.2 Å². The van der Waals surface area contributed by atoms with Gasteiger partial charge in [-0.1, -0.05) is 44.2 Å². The highest BCUT2D eigenvalue weighted by atomic mass is 16.1. The highest BCUT2D eigenvalue weighted by Gasteiger charge is 2.13. The summed E-state index contributed by atoms with van der Waals surface area (Å²) in [7, 11) is 0. The van der Waals surface area contributed by atoms with E-state index in [2.05, 4.69) is 46.6 Å². The quantitative estimate of drug-likeness (QED) is 0.533. The standard InChI is InChI=1S/C22H23N5O/c1-4-14(2)16-9-11-17(12-10-16)27-22(28)19-8-6-5-7-18(19)21(26-27)23-20-13-15(3)24-25-20/h5-14H,4H2,1-3H3,(H2,23,24,25,26). The van der Waals surface area contributed by atoms with E-state index in [1.807, 2.05) is 49.4 Å². The molecule has 0 aliphatic carbocycles. The van der Waals surface area contributed by atoms with Crippen molar-refractivity contribution >= 4 is 22.4 Å². The van der Waals surface area contributed by atoms with Crippen molar-refractivity contribution in [2.45, 2.75) is 33.1 Å². The first-order valence-electron chi connectivity index (χ1n) is 9.48. The van der Waals surface area contributed by atoms with Crippen LogP contribution in [0.1, 0.15) is 37.4 Å². The molecule has 0 radical (unpaired) electrons. The molecule has 0 aliphatic rings. The first kappa shape index (κ1) is 18.0. The highest BCUT2D eigenvalue weighted by molar-refractivity contribution is 5.92. The van der Waals surface area contributed by atoms with Gasteiger partial charge in [0.15, 0.2) is 11.6 Å². The zero-order valence-corrected chi connectivity index (χ0v) is 16.2. The first-order valence-corrected chi connectivity index (χ1v) is 9.48. The van der Waals surface area contributed by atoms with E-state index in [0.29, 0.717) is 22.9 Å². The number of aromatic nitrogens is 4. The van der Waals surface area contributed by atoms with E-state index >= 15 is 0 Å². The summed E-state index contributed by atoms with van der Waals surface area (Å²) in [5.41, 5.74) is 2.80. The van der Waals surface area contributed by atoms with Crippen LogP contribution in [-0.2, 0) is 0 Å². The molecule has 28 heavy (non-hydrogen) atoms. The van der Waals surface area contributed by atoms with Crippen molar-refractivity contribution in [3.8, 4) is 5.69 Å². The Bertz CT molecular complexity index is 1170. The summed E-state index contributed by atoms with van der Waals surface area (Å²) in [6.45, 7) is 6.30. The van der Waals surface area contributed by atoms with E-state index in [9.17, 15) is 4.79 Å². The Hall–Kier alpha value is -3.41. The molecule has 2 heterocycles. The highest BCUT2D eigenvalue weighted by Crippen LogP contribution is 2.24. The number of fused-ring (bicyclic) bond motifs is 1. The molecule has 0 bridgehead atoms. The van der Waals surface area contributed by atoms with Crippen LogP contribution < -0.4 is 10.9 Å². The third-order valence-corrected chi connectivity index (χ3v) is 5.08. The molecule has 6 heteroatoms. The lowest BCUT2D eigenvalue weighted by atomic mass is 9.99. The van der Waals surface area contributed by atoms with Gasteiger partial charge in [0.1, 0.15) is 0 Å². The summed E-state index contributed by atoms with van der Waals surface area (Å²) < 4.78 is 1.45. The maximum Gasteiger partial charge on any atom is 0.279 e. The largest absolute Gasteiger partial charge is 0.321 e. The molecule has 4 rings (SSSR count). The van der Waals surface area contributed by atoms with Crippen LogP contribution in [0.5, 0.6) is 0 Å². The number of H-pyrrole nitrogens is 1.